The first-order valence-corrected chi connectivity index (χ1v) is 14.2. The summed E-state index contributed by atoms with van der Waals surface area (Å²) in [6, 6.07) is 7.75. The fourth-order valence-corrected chi connectivity index (χ4v) is 4.52. The molecule has 0 aromatic heterocycles. The van der Waals surface area contributed by atoms with Crippen LogP contribution in [0.3, 0.4) is 0 Å². The third-order valence-corrected chi connectivity index (χ3v) is 6.71. The molecule has 0 amide bonds. The van der Waals surface area contributed by atoms with Crippen LogP contribution >= 0.6 is 0 Å². The van der Waals surface area contributed by atoms with Crippen LogP contribution in [-0.2, 0) is 19.2 Å². The lowest BCUT2D eigenvalue weighted by Gasteiger charge is -2.26. The number of carboxylic acids is 4. The zero-order chi connectivity index (χ0) is 30.5. The summed E-state index contributed by atoms with van der Waals surface area (Å²) in [7, 11) is 0. The monoisotopic (exact) mass is 580 g/mol. The SMILES string of the molecule is O=C(CCCCCN1CCCCC1)c1ccc(OCCCN2CCCCC2)cc1.O=C(O)C(=O)O.O=C(O)C(=O)O. The Morgan fingerprint density at radius 3 is 1.46 bits per heavy atom. The molecule has 41 heavy (non-hydrogen) atoms. The molecule has 2 fully saturated rings. The molecule has 2 heterocycles. The number of rotatable bonds is 12. The van der Waals surface area contributed by atoms with Gasteiger partial charge in [-0.25, -0.2) is 19.2 Å². The Hall–Kier alpha value is -3.51. The number of unbranched alkanes of at least 4 members (excludes halogenated alkanes) is 2. The molecule has 2 aliphatic rings. The van der Waals surface area contributed by atoms with Crippen molar-refractivity contribution in [2.24, 2.45) is 0 Å². The van der Waals surface area contributed by atoms with Crippen molar-refractivity contribution in [2.75, 3.05) is 45.9 Å². The van der Waals surface area contributed by atoms with Crippen molar-refractivity contribution in [3.63, 3.8) is 0 Å². The van der Waals surface area contributed by atoms with E-state index in [-0.39, 0.29) is 5.78 Å². The molecule has 2 saturated heterocycles. The van der Waals surface area contributed by atoms with E-state index < -0.39 is 23.9 Å². The molecule has 1 aromatic rings. The maximum absolute atomic E-state index is 12.4. The second-order valence-corrected chi connectivity index (χ2v) is 9.99. The van der Waals surface area contributed by atoms with Gasteiger partial charge in [0.15, 0.2) is 5.78 Å². The molecule has 0 unspecified atom stereocenters. The molecule has 4 N–H and O–H groups in total. The standard InChI is InChI=1S/C25H40N2O2.2C2H2O4/c28-25(11-4-1-5-16-26-17-6-2-7-18-26)23-12-14-24(15-13-23)29-22-10-21-27-19-8-3-9-20-27;2*3-1(4)2(5)6/h12-15H,1-11,16-22H2;2*(H,3,4)(H,5,6). The topological polar surface area (TPSA) is 182 Å². The summed E-state index contributed by atoms with van der Waals surface area (Å²) in [4.78, 5) is 53.9. The Morgan fingerprint density at radius 2 is 1.02 bits per heavy atom. The lowest BCUT2D eigenvalue weighted by Crippen LogP contribution is -2.31. The van der Waals surface area contributed by atoms with Gasteiger partial charge in [0.05, 0.1) is 6.61 Å². The van der Waals surface area contributed by atoms with Gasteiger partial charge in [-0.3, -0.25) is 4.79 Å². The van der Waals surface area contributed by atoms with Gasteiger partial charge in [0.25, 0.3) is 0 Å². The lowest BCUT2D eigenvalue weighted by atomic mass is 10.0. The van der Waals surface area contributed by atoms with E-state index in [0.29, 0.717) is 6.42 Å². The first kappa shape index (κ1) is 35.5. The Bertz CT molecular complexity index is 891. The average Bonchev–Trinajstić information content (AvgIpc) is 2.97. The number of hydrogen-bond acceptors (Lipinski definition) is 8. The molecule has 0 radical (unpaired) electrons. The molecule has 0 saturated carbocycles. The van der Waals surface area contributed by atoms with Gasteiger partial charge in [-0.05, 0) is 102 Å². The molecule has 0 spiro atoms. The van der Waals surface area contributed by atoms with Crippen molar-refractivity contribution in [2.45, 2.75) is 70.6 Å². The molecule has 3 rings (SSSR count). The number of ether oxygens (including phenoxy) is 1. The molecule has 12 nitrogen and oxygen atoms in total. The maximum atomic E-state index is 12.4. The van der Waals surface area contributed by atoms with Crippen LogP contribution in [0, 0.1) is 0 Å². The van der Waals surface area contributed by atoms with Gasteiger partial charge < -0.3 is 35.0 Å². The molecule has 230 valence electrons. The predicted molar refractivity (Wildman–Crippen MR) is 150 cm³/mol. The van der Waals surface area contributed by atoms with Gasteiger partial charge in [-0.1, -0.05) is 19.3 Å². The van der Waals surface area contributed by atoms with Gasteiger partial charge >= 0.3 is 23.9 Å². The minimum atomic E-state index is -1.82. The van der Waals surface area contributed by atoms with Crippen LogP contribution in [0.2, 0.25) is 0 Å². The lowest BCUT2D eigenvalue weighted by molar-refractivity contribution is -0.159. The molecular weight excluding hydrogens is 536 g/mol. The summed E-state index contributed by atoms with van der Waals surface area (Å²) >= 11 is 0. The van der Waals surface area contributed by atoms with Crippen LogP contribution in [0.1, 0.15) is 81.0 Å². The molecule has 0 bridgehead atoms. The number of ketones is 1. The Kier molecular flexibility index (Phi) is 18.4. The van der Waals surface area contributed by atoms with Crippen LogP contribution in [0.4, 0.5) is 0 Å². The first-order chi connectivity index (χ1) is 19.6. The van der Waals surface area contributed by atoms with Crippen molar-refractivity contribution in [3.8, 4) is 5.75 Å². The molecule has 12 heteroatoms. The first-order valence-electron chi connectivity index (χ1n) is 14.2. The van der Waals surface area contributed by atoms with E-state index in [4.69, 9.17) is 44.3 Å². The van der Waals surface area contributed by atoms with Crippen LogP contribution in [0.5, 0.6) is 5.75 Å². The molecule has 0 atom stereocenters. The zero-order valence-electron chi connectivity index (χ0n) is 23.7. The van der Waals surface area contributed by atoms with Crippen LogP contribution < -0.4 is 4.74 Å². The molecule has 1 aromatic carbocycles. The number of aliphatic carboxylic acids is 4. The van der Waals surface area contributed by atoms with Gasteiger partial charge in [0.1, 0.15) is 5.75 Å². The summed E-state index contributed by atoms with van der Waals surface area (Å²) in [5, 5.41) is 29.6. The van der Waals surface area contributed by atoms with E-state index in [1.807, 2.05) is 24.3 Å². The molecular formula is C29H44N2O10. The van der Waals surface area contributed by atoms with Gasteiger partial charge in [-0.2, -0.15) is 0 Å². The van der Waals surface area contributed by atoms with Gasteiger partial charge in [0.2, 0.25) is 0 Å². The Balaban J connectivity index is 0.000000588. The van der Waals surface area contributed by atoms with Crippen molar-refractivity contribution >= 4 is 29.7 Å². The summed E-state index contributed by atoms with van der Waals surface area (Å²) in [5.41, 5.74) is 0.821. The molecule has 2 aliphatic heterocycles. The number of likely N-dealkylation sites (tertiary alicyclic amines) is 2. The summed E-state index contributed by atoms with van der Waals surface area (Å²) in [6.07, 6.45) is 13.3. The number of piperidine rings is 2. The second kappa shape index (κ2) is 21.3. The highest BCUT2D eigenvalue weighted by atomic mass is 16.5. The fraction of sp³-hybridized carbons (Fsp3) is 0.621. The Morgan fingerprint density at radius 1 is 0.585 bits per heavy atom. The highest BCUT2D eigenvalue weighted by Crippen LogP contribution is 2.16. The third-order valence-electron chi connectivity index (χ3n) is 6.71. The minimum Gasteiger partial charge on any atom is -0.494 e. The van der Waals surface area contributed by atoms with Crippen molar-refractivity contribution in [3.05, 3.63) is 29.8 Å². The number of benzene rings is 1. The van der Waals surface area contributed by atoms with Crippen LogP contribution in [0.15, 0.2) is 24.3 Å². The van der Waals surface area contributed by atoms with Gasteiger partial charge in [-0.15, -0.1) is 0 Å². The number of Topliss-reactive ketones (excluding diaryl/α,β-unsaturated/α-hetero) is 1. The van der Waals surface area contributed by atoms with E-state index >= 15 is 0 Å². The molecule has 0 aliphatic carbocycles. The average molecular weight is 581 g/mol. The fourth-order valence-electron chi connectivity index (χ4n) is 4.52. The smallest absolute Gasteiger partial charge is 0.414 e. The van der Waals surface area contributed by atoms with Crippen molar-refractivity contribution in [1.82, 2.24) is 9.80 Å². The number of carbonyl (C=O) groups is 5. The second-order valence-electron chi connectivity index (χ2n) is 9.99. The summed E-state index contributed by atoms with van der Waals surface area (Å²) in [5.74, 6) is -6.16. The minimum absolute atomic E-state index is 0.264. The van der Waals surface area contributed by atoms with E-state index in [1.165, 1.54) is 77.7 Å². The maximum Gasteiger partial charge on any atom is 0.414 e. The third kappa shape index (κ3) is 17.7. The Labute approximate surface area is 240 Å². The van der Waals surface area contributed by atoms with Crippen LogP contribution in [-0.4, -0.2) is 106 Å². The number of nitrogens with zero attached hydrogens (tertiary/aromatic N) is 2. The number of hydrogen-bond donors (Lipinski definition) is 4. The highest BCUT2D eigenvalue weighted by molar-refractivity contribution is 6.27. The number of carboxylic acid groups (broad SMARTS) is 4. The summed E-state index contributed by atoms with van der Waals surface area (Å²) in [6.45, 7) is 8.12. The summed E-state index contributed by atoms with van der Waals surface area (Å²) < 4.78 is 5.86. The largest absolute Gasteiger partial charge is 0.494 e. The quantitative estimate of drug-likeness (QED) is 0.161. The van der Waals surface area contributed by atoms with E-state index in [1.54, 1.807) is 0 Å². The highest BCUT2D eigenvalue weighted by Gasteiger charge is 2.11. The van der Waals surface area contributed by atoms with Gasteiger partial charge in [0, 0.05) is 18.5 Å². The number of carbonyl (C=O) groups excluding carboxylic acids is 1. The van der Waals surface area contributed by atoms with Crippen molar-refractivity contribution in [1.29, 1.82) is 0 Å². The normalized spacial score (nSPS) is 15.3. The van der Waals surface area contributed by atoms with Crippen LogP contribution in [0.25, 0.3) is 0 Å². The van der Waals surface area contributed by atoms with E-state index in [0.717, 1.165) is 43.7 Å². The van der Waals surface area contributed by atoms with E-state index in [2.05, 4.69) is 9.80 Å². The zero-order valence-corrected chi connectivity index (χ0v) is 23.7. The van der Waals surface area contributed by atoms with E-state index in [9.17, 15) is 4.79 Å². The van der Waals surface area contributed by atoms with Crippen molar-refractivity contribution < 1.29 is 49.1 Å². The predicted octanol–water partition coefficient (Wildman–Crippen LogP) is 3.48.